The van der Waals surface area contributed by atoms with Gasteiger partial charge in [0, 0.05) is 6.42 Å². The molecule has 16 heavy (non-hydrogen) atoms. The molecule has 0 fully saturated rings. The lowest BCUT2D eigenvalue weighted by Gasteiger charge is -2.22. The molecule has 1 aliphatic rings. The number of rotatable bonds is 1. The lowest BCUT2D eigenvalue weighted by Crippen LogP contribution is -2.24. The van der Waals surface area contributed by atoms with E-state index in [0.717, 1.165) is 0 Å². The largest absolute Gasteiger partial charge is 0.489 e. The molecule has 4 heteroatoms. The molecule has 0 aromatic heterocycles. The van der Waals surface area contributed by atoms with E-state index < -0.39 is 5.97 Å². The highest BCUT2D eigenvalue weighted by atomic mass is 16.5. The maximum absolute atomic E-state index is 11.7. The van der Waals surface area contributed by atoms with Crippen molar-refractivity contribution in [2.45, 2.75) is 19.4 Å². The van der Waals surface area contributed by atoms with Crippen LogP contribution in [-0.4, -0.2) is 25.0 Å². The van der Waals surface area contributed by atoms with Crippen molar-refractivity contribution in [3.63, 3.8) is 0 Å². The number of hydrogen-bond donors (Lipinski definition) is 0. The maximum atomic E-state index is 11.7. The van der Waals surface area contributed by atoms with Gasteiger partial charge < -0.3 is 9.47 Å². The highest BCUT2D eigenvalue weighted by Gasteiger charge is 2.24. The van der Waals surface area contributed by atoms with E-state index in [1.807, 2.05) is 6.92 Å². The van der Waals surface area contributed by atoms with E-state index in [4.69, 9.17) is 4.74 Å². The van der Waals surface area contributed by atoms with Crippen LogP contribution in [0.2, 0.25) is 0 Å². The second-order valence-corrected chi connectivity index (χ2v) is 3.76. The molecule has 2 rings (SSSR count). The van der Waals surface area contributed by atoms with Crippen LogP contribution in [0.25, 0.3) is 0 Å². The molecule has 0 amide bonds. The van der Waals surface area contributed by atoms with E-state index >= 15 is 0 Å². The third-order valence-electron chi connectivity index (χ3n) is 2.50. The Morgan fingerprint density at radius 1 is 1.50 bits per heavy atom. The smallest absolute Gasteiger partial charge is 0.337 e. The molecule has 1 heterocycles. The van der Waals surface area contributed by atoms with Gasteiger partial charge in [0.1, 0.15) is 11.9 Å². The van der Waals surface area contributed by atoms with Crippen molar-refractivity contribution >= 4 is 11.8 Å². The van der Waals surface area contributed by atoms with Crippen LogP contribution in [0, 0.1) is 0 Å². The molecule has 1 aromatic carbocycles. The first kappa shape index (κ1) is 10.7. The lowest BCUT2D eigenvalue weighted by atomic mass is 9.99. The summed E-state index contributed by atoms with van der Waals surface area (Å²) in [4.78, 5) is 23.0. The predicted octanol–water partition coefficient (Wildman–Crippen LogP) is 1.83. The Bertz CT molecular complexity index is 450. The summed E-state index contributed by atoms with van der Waals surface area (Å²) in [6.07, 6.45) is 0.237. The summed E-state index contributed by atoms with van der Waals surface area (Å²) in [7, 11) is 1.31. The van der Waals surface area contributed by atoms with Gasteiger partial charge in [-0.15, -0.1) is 0 Å². The van der Waals surface area contributed by atoms with Gasteiger partial charge in [-0.2, -0.15) is 0 Å². The van der Waals surface area contributed by atoms with Gasteiger partial charge in [0.15, 0.2) is 5.78 Å². The van der Waals surface area contributed by atoms with E-state index in [1.54, 1.807) is 12.1 Å². The first-order chi connectivity index (χ1) is 7.61. The van der Waals surface area contributed by atoms with E-state index in [9.17, 15) is 9.59 Å². The van der Waals surface area contributed by atoms with Crippen molar-refractivity contribution in [2.75, 3.05) is 7.11 Å². The number of ether oxygens (including phenoxy) is 2. The number of carbonyl (C=O) groups excluding carboxylic acids is 2. The fourth-order valence-corrected chi connectivity index (χ4v) is 1.72. The van der Waals surface area contributed by atoms with Crippen LogP contribution in [0.5, 0.6) is 5.75 Å². The minimum atomic E-state index is -0.450. The Balaban J connectivity index is 2.42. The predicted molar refractivity (Wildman–Crippen MR) is 56.8 cm³/mol. The molecule has 0 N–H and O–H groups in total. The molecule has 0 saturated heterocycles. The van der Waals surface area contributed by atoms with Crippen LogP contribution in [0.3, 0.4) is 0 Å². The van der Waals surface area contributed by atoms with Gasteiger partial charge in [-0.25, -0.2) is 4.79 Å². The van der Waals surface area contributed by atoms with Crippen LogP contribution < -0.4 is 4.74 Å². The molecule has 0 bridgehead atoms. The van der Waals surface area contributed by atoms with Gasteiger partial charge in [0.05, 0.1) is 18.2 Å². The summed E-state index contributed by atoms with van der Waals surface area (Å²) in [5, 5.41) is 0. The lowest BCUT2D eigenvalue weighted by molar-refractivity contribution is 0.0600. The van der Waals surface area contributed by atoms with Crippen LogP contribution in [0.15, 0.2) is 18.2 Å². The SMILES string of the molecule is COC(=O)c1ccc2c(c1)C(=O)CC(C)O2. The molecule has 1 aliphatic heterocycles. The molecule has 1 atom stereocenters. The highest BCUT2D eigenvalue weighted by Crippen LogP contribution is 2.28. The number of Topliss-reactive ketones (excluding diaryl/α,β-unsaturated/α-hetero) is 1. The molecule has 0 spiro atoms. The number of benzene rings is 1. The topological polar surface area (TPSA) is 52.6 Å². The van der Waals surface area contributed by atoms with E-state index in [2.05, 4.69) is 4.74 Å². The average molecular weight is 220 g/mol. The summed E-state index contributed by atoms with van der Waals surface area (Å²) >= 11 is 0. The number of ketones is 1. The molecule has 1 aromatic rings. The molecular weight excluding hydrogens is 208 g/mol. The van der Waals surface area contributed by atoms with Crippen molar-refractivity contribution in [2.24, 2.45) is 0 Å². The van der Waals surface area contributed by atoms with Gasteiger partial charge in [-0.05, 0) is 25.1 Å². The Hall–Kier alpha value is -1.84. The first-order valence-corrected chi connectivity index (χ1v) is 5.04. The zero-order chi connectivity index (χ0) is 11.7. The standard InChI is InChI=1S/C12H12O4/c1-7-5-10(13)9-6-8(12(14)15-2)3-4-11(9)16-7/h3-4,6-7H,5H2,1-2H3. The van der Waals surface area contributed by atoms with Gasteiger partial charge in [0.25, 0.3) is 0 Å². The summed E-state index contributed by atoms with van der Waals surface area (Å²) in [5.41, 5.74) is 0.828. The van der Waals surface area contributed by atoms with Crippen LogP contribution in [-0.2, 0) is 4.74 Å². The zero-order valence-electron chi connectivity index (χ0n) is 9.15. The van der Waals surface area contributed by atoms with Crippen molar-refractivity contribution in [1.82, 2.24) is 0 Å². The Morgan fingerprint density at radius 2 is 2.25 bits per heavy atom. The van der Waals surface area contributed by atoms with Crippen molar-refractivity contribution in [1.29, 1.82) is 0 Å². The average Bonchev–Trinajstić information content (AvgIpc) is 2.27. The minimum absolute atomic E-state index is 0.000460. The van der Waals surface area contributed by atoms with Crippen LogP contribution >= 0.6 is 0 Å². The fourth-order valence-electron chi connectivity index (χ4n) is 1.72. The summed E-state index contributed by atoms with van der Waals surface area (Å²) < 4.78 is 10.1. The van der Waals surface area contributed by atoms with Gasteiger partial charge in [0.2, 0.25) is 0 Å². The first-order valence-electron chi connectivity index (χ1n) is 5.04. The normalized spacial score (nSPS) is 18.6. The zero-order valence-corrected chi connectivity index (χ0v) is 9.15. The number of methoxy groups -OCH3 is 1. The maximum Gasteiger partial charge on any atom is 0.337 e. The highest BCUT2D eigenvalue weighted by molar-refractivity contribution is 6.02. The van der Waals surface area contributed by atoms with Crippen LogP contribution in [0.4, 0.5) is 0 Å². The number of hydrogen-bond acceptors (Lipinski definition) is 4. The Kier molecular flexibility index (Phi) is 2.64. The van der Waals surface area contributed by atoms with E-state index in [1.165, 1.54) is 13.2 Å². The molecular formula is C12H12O4. The molecule has 0 radical (unpaired) electrons. The third kappa shape index (κ3) is 1.78. The molecule has 84 valence electrons. The minimum Gasteiger partial charge on any atom is -0.489 e. The molecule has 4 nitrogen and oxygen atoms in total. The van der Waals surface area contributed by atoms with Crippen molar-refractivity contribution < 1.29 is 19.1 Å². The fraction of sp³-hybridized carbons (Fsp3) is 0.333. The monoisotopic (exact) mass is 220 g/mol. The van der Waals surface area contributed by atoms with Gasteiger partial charge in [-0.1, -0.05) is 0 Å². The van der Waals surface area contributed by atoms with E-state index in [0.29, 0.717) is 23.3 Å². The second-order valence-electron chi connectivity index (χ2n) is 3.76. The van der Waals surface area contributed by atoms with Gasteiger partial charge >= 0.3 is 5.97 Å². The molecule has 1 unspecified atom stereocenters. The van der Waals surface area contributed by atoms with Crippen molar-refractivity contribution in [3.8, 4) is 5.75 Å². The Labute approximate surface area is 93.2 Å². The second kappa shape index (κ2) is 3.96. The summed E-state index contributed by atoms with van der Waals surface area (Å²) in [5.74, 6) is 0.0881. The van der Waals surface area contributed by atoms with Gasteiger partial charge in [-0.3, -0.25) is 4.79 Å². The quantitative estimate of drug-likeness (QED) is 0.677. The summed E-state index contributed by atoms with van der Waals surface area (Å²) in [6, 6.07) is 4.75. The van der Waals surface area contributed by atoms with Crippen molar-refractivity contribution in [3.05, 3.63) is 29.3 Å². The molecule has 0 aliphatic carbocycles. The molecule has 0 saturated carbocycles. The van der Waals surface area contributed by atoms with E-state index in [-0.39, 0.29) is 11.9 Å². The summed E-state index contributed by atoms with van der Waals surface area (Å²) in [6.45, 7) is 1.84. The number of fused-ring (bicyclic) bond motifs is 1. The number of carbonyl (C=O) groups is 2. The van der Waals surface area contributed by atoms with Crippen LogP contribution in [0.1, 0.15) is 34.1 Å². The number of esters is 1. The Morgan fingerprint density at radius 3 is 2.94 bits per heavy atom. The third-order valence-corrected chi connectivity index (χ3v) is 2.50.